The van der Waals surface area contributed by atoms with Crippen LogP contribution in [0.15, 0.2) is 29.3 Å². The van der Waals surface area contributed by atoms with Crippen LogP contribution in [0.3, 0.4) is 0 Å². The highest BCUT2D eigenvalue weighted by Crippen LogP contribution is 2.37. The van der Waals surface area contributed by atoms with E-state index in [9.17, 15) is 19.1 Å². The van der Waals surface area contributed by atoms with Gasteiger partial charge in [0.15, 0.2) is 0 Å². The topological polar surface area (TPSA) is 105 Å². The SMILES string of the molecule is O=C(O)c1cn(C2CC2)c2cc(-n3cc(CN4CCNCC4)nn3)c(F)cc2c1=O. The van der Waals surface area contributed by atoms with E-state index in [1.165, 1.54) is 10.9 Å². The van der Waals surface area contributed by atoms with Crippen LogP contribution in [-0.4, -0.2) is 61.7 Å². The molecule has 2 N–H and O–H groups in total. The van der Waals surface area contributed by atoms with Crippen molar-refractivity contribution >= 4 is 16.9 Å². The Morgan fingerprint density at radius 3 is 2.70 bits per heavy atom. The quantitative estimate of drug-likeness (QED) is 0.648. The van der Waals surface area contributed by atoms with Gasteiger partial charge in [0.25, 0.3) is 0 Å². The average Bonchev–Trinajstić information content (AvgIpc) is 3.47. The van der Waals surface area contributed by atoms with Gasteiger partial charge in [0.2, 0.25) is 5.43 Å². The second-order valence-electron chi connectivity index (χ2n) is 7.82. The van der Waals surface area contributed by atoms with Crippen molar-refractivity contribution in [2.24, 2.45) is 0 Å². The number of pyridine rings is 1. The van der Waals surface area contributed by atoms with Gasteiger partial charge in [-0.3, -0.25) is 9.69 Å². The zero-order valence-electron chi connectivity index (χ0n) is 16.2. The number of aromatic carboxylic acids is 1. The lowest BCUT2D eigenvalue weighted by Gasteiger charge is -2.25. The lowest BCUT2D eigenvalue weighted by Crippen LogP contribution is -2.42. The monoisotopic (exact) mass is 412 g/mol. The Morgan fingerprint density at radius 1 is 1.23 bits per heavy atom. The predicted molar refractivity (Wildman–Crippen MR) is 106 cm³/mol. The summed E-state index contributed by atoms with van der Waals surface area (Å²) < 4.78 is 18.1. The summed E-state index contributed by atoms with van der Waals surface area (Å²) in [5.74, 6) is -1.96. The normalized spacial score (nSPS) is 17.5. The molecule has 0 atom stereocenters. The van der Waals surface area contributed by atoms with Crippen LogP contribution in [0.2, 0.25) is 0 Å². The van der Waals surface area contributed by atoms with Gasteiger partial charge >= 0.3 is 5.97 Å². The largest absolute Gasteiger partial charge is 0.477 e. The Balaban J connectivity index is 1.56. The standard InChI is InChI=1S/C20H21FN6O3/c21-16-7-14-17(26(13-1-2-13)11-15(19(14)28)20(29)30)8-18(16)27-10-12(23-24-27)9-25-5-3-22-4-6-25/h7-8,10-11,13,22H,1-6,9H2,(H,29,30). The molecule has 30 heavy (non-hydrogen) atoms. The second-order valence-corrected chi connectivity index (χ2v) is 7.82. The first-order valence-electron chi connectivity index (χ1n) is 9.97. The number of aromatic nitrogens is 4. The molecule has 0 radical (unpaired) electrons. The van der Waals surface area contributed by atoms with Crippen molar-refractivity contribution in [1.29, 1.82) is 0 Å². The van der Waals surface area contributed by atoms with E-state index in [-0.39, 0.29) is 22.7 Å². The number of carbonyl (C=O) groups is 1. The number of carboxylic acid groups (broad SMARTS) is 1. The molecule has 3 aromatic rings. The molecule has 2 fully saturated rings. The lowest BCUT2D eigenvalue weighted by molar-refractivity contribution is 0.0695. The van der Waals surface area contributed by atoms with Crippen LogP contribution < -0.4 is 10.7 Å². The van der Waals surface area contributed by atoms with Crippen molar-refractivity contribution in [1.82, 2.24) is 29.8 Å². The Bertz CT molecular complexity index is 1190. The van der Waals surface area contributed by atoms with E-state index in [4.69, 9.17) is 0 Å². The van der Waals surface area contributed by atoms with E-state index in [1.807, 2.05) is 0 Å². The molecule has 1 aliphatic heterocycles. The third kappa shape index (κ3) is 3.37. The van der Waals surface area contributed by atoms with Crippen LogP contribution in [0, 0.1) is 5.82 Å². The molecule has 2 aliphatic rings. The number of hydrogen-bond acceptors (Lipinski definition) is 6. The number of halogens is 1. The minimum atomic E-state index is -1.31. The van der Waals surface area contributed by atoms with Crippen LogP contribution >= 0.6 is 0 Å². The average molecular weight is 412 g/mol. The summed E-state index contributed by atoms with van der Waals surface area (Å²) in [6.45, 7) is 4.30. The summed E-state index contributed by atoms with van der Waals surface area (Å²) in [7, 11) is 0. The second kappa shape index (κ2) is 7.29. The summed E-state index contributed by atoms with van der Waals surface area (Å²) in [6.07, 6.45) is 4.84. The minimum Gasteiger partial charge on any atom is -0.477 e. The van der Waals surface area contributed by atoms with Gasteiger partial charge in [0.1, 0.15) is 17.1 Å². The van der Waals surface area contributed by atoms with Gasteiger partial charge in [0.05, 0.1) is 17.4 Å². The Kier molecular flexibility index (Phi) is 4.59. The fourth-order valence-corrected chi connectivity index (χ4v) is 3.93. The Morgan fingerprint density at radius 2 is 2.00 bits per heavy atom. The van der Waals surface area contributed by atoms with E-state index in [1.54, 1.807) is 16.8 Å². The molecule has 2 aromatic heterocycles. The summed E-state index contributed by atoms with van der Waals surface area (Å²) in [5.41, 5.74) is 0.386. The van der Waals surface area contributed by atoms with Gasteiger partial charge in [-0.25, -0.2) is 13.9 Å². The zero-order chi connectivity index (χ0) is 20.8. The first kappa shape index (κ1) is 18.9. The third-order valence-corrected chi connectivity index (χ3v) is 5.65. The number of nitrogens with one attached hydrogen (secondary N) is 1. The number of fused-ring (bicyclic) bond motifs is 1. The van der Waals surface area contributed by atoms with Crippen molar-refractivity contribution < 1.29 is 14.3 Å². The fraction of sp³-hybridized carbons (Fsp3) is 0.400. The van der Waals surface area contributed by atoms with Crippen molar-refractivity contribution in [3.8, 4) is 5.69 Å². The van der Waals surface area contributed by atoms with Crippen molar-refractivity contribution in [3.05, 3.63) is 51.8 Å². The van der Waals surface area contributed by atoms with Crippen LogP contribution in [0.25, 0.3) is 16.6 Å². The molecule has 1 aliphatic carbocycles. The van der Waals surface area contributed by atoms with Crippen LogP contribution in [0.1, 0.15) is 34.9 Å². The first-order chi connectivity index (χ1) is 14.5. The van der Waals surface area contributed by atoms with Gasteiger partial charge in [-0.1, -0.05) is 5.21 Å². The molecule has 9 nitrogen and oxygen atoms in total. The molecular formula is C20H21FN6O3. The van der Waals surface area contributed by atoms with E-state index < -0.39 is 17.2 Å². The maximum atomic E-state index is 14.9. The van der Waals surface area contributed by atoms with Crippen LogP contribution in [-0.2, 0) is 6.54 Å². The highest BCUT2D eigenvalue weighted by Gasteiger charge is 2.27. The minimum absolute atomic E-state index is 0.0594. The van der Waals surface area contributed by atoms with Gasteiger partial charge in [-0.15, -0.1) is 5.10 Å². The molecule has 3 heterocycles. The summed E-state index contributed by atoms with van der Waals surface area (Å²) in [4.78, 5) is 26.3. The van der Waals surface area contributed by atoms with E-state index in [0.717, 1.165) is 50.8 Å². The number of benzene rings is 1. The Labute approximate surface area is 170 Å². The maximum absolute atomic E-state index is 14.9. The zero-order valence-corrected chi connectivity index (χ0v) is 16.2. The molecule has 5 rings (SSSR count). The summed E-state index contributed by atoms with van der Waals surface area (Å²) in [5, 5.41) is 21.0. The third-order valence-electron chi connectivity index (χ3n) is 5.65. The van der Waals surface area contributed by atoms with E-state index in [0.29, 0.717) is 12.1 Å². The van der Waals surface area contributed by atoms with E-state index in [2.05, 4.69) is 20.5 Å². The molecule has 0 spiro atoms. The molecule has 1 aromatic carbocycles. The van der Waals surface area contributed by atoms with Crippen molar-refractivity contribution in [3.63, 3.8) is 0 Å². The molecule has 156 valence electrons. The number of nitrogens with zero attached hydrogens (tertiary/aromatic N) is 5. The maximum Gasteiger partial charge on any atom is 0.341 e. The van der Waals surface area contributed by atoms with Gasteiger partial charge in [-0.05, 0) is 25.0 Å². The van der Waals surface area contributed by atoms with Gasteiger partial charge in [0, 0.05) is 50.3 Å². The molecule has 10 heteroatoms. The highest BCUT2D eigenvalue weighted by molar-refractivity contribution is 5.93. The molecule has 0 unspecified atom stereocenters. The lowest BCUT2D eigenvalue weighted by atomic mass is 10.1. The number of carboxylic acids is 1. The van der Waals surface area contributed by atoms with Gasteiger partial charge in [-0.2, -0.15) is 0 Å². The smallest absolute Gasteiger partial charge is 0.341 e. The summed E-state index contributed by atoms with van der Waals surface area (Å²) >= 11 is 0. The van der Waals surface area contributed by atoms with Crippen molar-refractivity contribution in [2.75, 3.05) is 26.2 Å². The van der Waals surface area contributed by atoms with E-state index >= 15 is 0 Å². The number of piperazine rings is 1. The molecule has 0 bridgehead atoms. The number of rotatable bonds is 5. The summed E-state index contributed by atoms with van der Waals surface area (Å²) in [6, 6.07) is 2.78. The van der Waals surface area contributed by atoms with Crippen LogP contribution in [0.5, 0.6) is 0 Å². The first-order valence-corrected chi connectivity index (χ1v) is 9.97. The molecule has 1 saturated heterocycles. The Hall–Kier alpha value is -3.11. The number of hydrogen-bond donors (Lipinski definition) is 2. The molecular weight excluding hydrogens is 391 g/mol. The molecule has 1 saturated carbocycles. The highest BCUT2D eigenvalue weighted by atomic mass is 19.1. The molecule has 0 amide bonds. The van der Waals surface area contributed by atoms with Gasteiger partial charge < -0.3 is 15.0 Å². The fourth-order valence-electron chi connectivity index (χ4n) is 3.93. The van der Waals surface area contributed by atoms with Crippen molar-refractivity contribution in [2.45, 2.75) is 25.4 Å². The van der Waals surface area contributed by atoms with Crippen LogP contribution in [0.4, 0.5) is 4.39 Å². The predicted octanol–water partition coefficient (Wildman–Crippen LogP) is 1.16.